The van der Waals surface area contributed by atoms with Gasteiger partial charge in [-0.1, -0.05) is 19.4 Å². The molecule has 0 aliphatic carbocycles. The Balaban J connectivity index is 2.59. The van der Waals surface area contributed by atoms with Crippen molar-refractivity contribution in [1.82, 2.24) is 4.98 Å². The van der Waals surface area contributed by atoms with Gasteiger partial charge < -0.3 is 14.2 Å². The number of benzene rings is 1. The van der Waals surface area contributed by atoms with E-state index >= 15 is 0 Å². The number of rotatable bonds is 9. The first kappa shape index (κ1) is 26.3. The number of methoxy groups -OCH3 is 1. The lowest BCUT2D eigenvalue weighted by Gasteiger charge is -2.37. The van der Waals surface area contributed by atoms with Crippen LogP contribution in [0.15, 0.2) is 30.3 Å². The molecule has 1 aromatic heterocycles. The Morgan fingerprint density at radius 1 is 1.06 bits per heavy atom. The molecule has 1 aromatic carbocycles. The minimum Gasteiger partial charge on any atom is -0.439 e. The van der Waals surface area contributed by atoms with E-state index in [1.807, 2.05) is 0 Å². The molecule has 2 rings (SSSR count). The molecule has 0 bridgehead atoms. The van der Waals surface area contributed by atoms with Crippen LogP contribution in [0.2, 0.25) is 0 Å². The predicted molar refractivity (Wildman–Crippen MR) is 103 cm³/mol. The van der Waals surface area contributed by atoms with Crippen molar-refractivity contribution in [3.63, 3.8) is 0 Å². The predicted octanol–water partition coefficient (Wildman–Crippen LogP) is 5.98. The summed E-state index contributed by atoms with van der Waals surface area (Å²) < 4.78 is 96.9. The maximum Gasteiger partial charge on any atom is 0.430 e. The summed E-state index contributed by atoms with van der Waals surface area (Å²) in [6.07, 6.45) is -11.3. The molecule has 0 amide bonds. The second-order valence-electron chi connectivity index (χ2n) is 6.91. The van der Waals surface area contributed by atoms with Crippen LogP contribution in [0.25, 0.3) is 0 Å². The van der Waals surface area contributed by atoms with Crippen LogP contribution in [-0.2, 0) is 21.5 Å². The summed E-state index contributed by atoms with van der Waals surface area (Å²) in [5.74, 6) is -0.164. The first-order valence-corrected chi connectivity index (χ1v) is 9.48. The van der Waals surface area contributed by atoms with Gasteiger partial charge >= 0.3 is 12.4 Å². The minimum absolute atomic E-state index is 0.0206. The van der Waals surface area contributed by atoms with Gasteiger partial charge in [0.15, 0.2) is 0 Å². The molecule has 0 unspecified atom stereocenters. The molecule has 0 atom stereocenters. The Kier molecular flexibility index (Phi) is 7.91. The lowest BCUT2D eigenvalue weighted by molar-refractivity contribution is -0.400. The van der Waals surface area contributed by atoms with E-state index in [9.17, 15) is 36.5 Å². The average molecular weight is 482 g/mol. The summed E-state index contributed by atoms with van der Waals surface area (Å²) in [4.78, 5) is 14.2. The van der Waals surface area contributed by atoms with Gasteiger partial charge in [0.2, 0.25) is 5.88 Å². The van der Waals surface area contributed by atoms with E-state index < -0.39 is 35.2 Å². The lowest BCUT2D eigenvalue weighted by atomic mass is 9.89. The molecule has 0 aliphatic heterocycles. The molecule has 33 heavy (non-hydrogen) atoms. The fourth-order valence-electron chi connectivity index (χ4n) is 3.14. The van der Waals surface area contributed by atoms with E-state index in [4.69, 9.17) is 4.74 Å². The van der Waals surface area contributed by atoms with Crippen LogP contribution in [0.5, 0.6) is 11.6 Å². The fourth-order valence-corrected chi connectivity index (χ4v) is 3.14. The van der Waals surface area contributed by atoms with Gasteiger partial charge in [-0.3, -0.25) is 10.1 Å². The Hall–Kier alpha value is -2.93. The summed E-state index contributed by atoms with van der Waals surface area (Å²) in [6, 6.07) is 4.56. The molecule has 0 saturated carbocycles. The first-order valence-electron chi connectivity index (χ1n) is 9.48. The minimum atomic E-state index is -5.85. The van der Waals surface area contributed by atoms with E-state index in [1.165, 1.54) is 13.0 Å². The summed E-state index contributed by atoms with van der Waals surface area (Å²) >= 11 is 0. The summed E-state index contributed by atoms with van der Waals surface area (Å²) in [5, 5.41) is 10.9. The van der Waals surface area contributed by atoms with E-state index in [0.717, 1.165) is 19.2 Å². The van der Waals surface area contributed by atoms with Crippen LogP contribution in [0.1, 0.15) is 30.2 Å². The molecule has 2 aromatic rings. The molecule has 1 heterocycles. The van der Waals surface area contributed by atoms with Crippen molar-refractivity contribution in [3.8, 4) is 11.6 Å². The number of aromatic nitrogens is 1. The number of ether oxygens (including phenoxy) is 3. The van der Waals surface area contributed by atoms with Crippen molar-refractivity contribution in [1.29, 1.82) is 0 Å². The monoisotopic (exact) mass is 482 g/mol. The van der Waals surface area contributed by atoms with Gasteiger partial charge in [-0.15, -0.1) is 0 Å². The molecular weight excluding hydrogens is 462 g/mol. The van der Waals surface area contributed by atoms with Gasteiger partial charge in [0.1, 0.15) is 18.2 Å². The van der Waals surface area contributed by atoms with E-state index in [-0.39, 0.29) is 35.0 Å². The average Bonchev–Trinajstić information content (AvgIpc) is 2.68. The number of nitrogens with zero attached hydrogens (tertiary/aromatic N) is 2. The zero-order valence-electron chi connectivity index (χ0n) is 17.7. The SMILES string of the molecule is CCCc1cc(C(OCOC)(C(F)(F)F)C(F)(F)F)ccc1Oc1ccc([N+](=O)[O-])c(C)n1. The van der Waals surface area contributed by atoms with Crippen molar-refractivity contribution in [2.45, 2.75) is 44.6 Å². The number of hydrogen-bond acceptors (Lipinski definition) is 6. The third-order valence-electron chi connectivity index (χ3n) is 4.62. The highest BCUT2D eigenvalue weighted by molar-refractivity contribution is 5.44. The summed E-state index contributed by atoms with van der Waals surface area (Å²) in [6.45, 7) is 1.77. The van der Waals surface area contributed by atoms with E-state index in [2.05, 4.69) is 14.5 Å². The van der Waals surface area contributed by atoms with E-state index in [0.29, 0.717) is 18.6 Å². The molecule has 0 spiro atoms. The number of nitro groups is 1. The summed E-state index contributed by atoms with van der Waals surface area (Å²) in [7, 11) is 0.899. The Labute approximate surface area is 184 Å². The normalized spacial score (nSPS) is 12.6. The highest BCUT2D eigenvalue weighted by atomic mass is 19.4. The van der Waals surface area contributed by atoms with Crippen molar-refractivity contribution in [2.24, 2.45) is 0 Å². The van der Waals surface area contributed by atoms with Crippen molar-refractivity contribution in [3.05, 3.63) is 57.3 Å². The van der Waals surface area contributed by atoms with E-state index in [1.54, 1.807) is 6.92 Å². The number of aryl methyl sites for hydroxylation is 2. The smallest absolute Gasteiger partial charge is 0.430 e. The zero-order chi connectivity index (χ0) is 25.0. The maximum absolute atomic E-state index is 13.8. The topological polar surface area (TPSA) is 83.7 Å². The van der Waals surface area contributed by atoms with Crippen molar-refractivity contribution in [2.75, 3.05) is 13.9 Å². The number of hydrogen-bond donors (Lipinski definition) is 0. The molecule has 13 heteroatoms. The number of halogens is 6. The molecule has 0 N–H and O–H groups in total. The molecule has 0 aliphatic rings. The first-order chi connectivity index (χ1) is 15.3. The van der Waals surface area contributed by atoms with Crippen LogP contribution >= 0.6 is 0 Å². The molecule has 0 radical (unpaired) electrons. The van der Waals surface area contributed by atoms with Crippen LogP contribution in [0, 0.1) is 17.0 Å². The summed E-state index contributed by atoms with van der Waals surface area (Å²) in [5.41, 5.74) is -6.04. The molecule has 182 valence electrons. The van der Waals surface area contributed by atoms with Crippen molar-refractivity contribution < 1.29 is 45.5 Å². The van der Waals surface area contributed by atoms with Gasteiger partial charge in [-0.25, -0.2) is 4.98 Å². The highest BCUT2D eigenvalue weighted by Crippen LogP contribution is 2.53. The van der Waals surface area contributed by atoms with Gasteiger partial charge in [0.25, 0.3) is 11.3 Å². The van der Waals surface area contributed by atoms with Gasteiger partial charge in [0, 0.05) is 24.8 Å². The Bertz CT molecular complexity index is 980. The van der Waals surface area contributed by atoms with Gasteiger partial charge in [-0.2, -0.15) is 26.3 Å². The Morgan fingerprint density at radius 2 is 1.70 bits per heavy atom. The van der Waals surface area contributed by atoms with Crippen molar-refractivity contribution >= 4 is 5.69 Å². The lowest BCUT2D eigenvalue weighted by Crippen LogP contribution is -2.56. The van der Waals surface area contributed by atoms with Crippen LogP contribution in [0.4, 0.5) is 32.0 Å². The maximum atomic E-state index is 13.8. The highest BCUT2D eigenvalue weighted by Gasteiger charge is 2.73. The number of alkyl halides is 6. The van der Waals surface area contributed by atoms with Gasteiger partial charge in [0.05, 0.1) is 4.92 Å². The zero-order valence-corrected chi connectivity index (χ0v) is 17.7. The third kappa shape index (κ3) is 5.36. The second-order valence-corrected chi connectivity index (χ2v) is 6.91. The van der Waals surface area contributed by atoms with Crippen LogP contribution in [-0.4, -0.2) is 36.2 Å². The quantitative estimate of drug-likeness (QED) is 0.189. The molecular formula is C20H20F6N2O5. The second kappa shape index (κ2) is 9.91. The Morgan fingerprint density at radius 3 is 2.18 bits per heavy atom. The molecule has 0 fully saturated rings. The largest absolute Gasteiger partial charge is 0.439 e. The van der Waals surface area contributed by atoms with Gasteiger partial charge in [-0.05, 0) is 31.0 Å². The number of pyridine rings is 1. The molecule has 7 nitrogen and oxygen atoms in total. The third-order valence-corrected chi connectivity index (χ3v) is 4.62. The standard InChI is InChI=1S/C20H20F6N2O5/c1-4-5-13-10-14(18(19(21,22)23,20(24,25)26)32-11-31-3)6-8-16(13)33-17-9-7-15(28(29)30)12(2)27-17/h6-10H,4-5,11H2,1-3H3. The molecule has 0 saturated heterocycles. The fraction of sp³-hybridized carbons (Fsp3) is 0.450. The van der Waals surface area contributed by atoms with Crippen LogP contribution < -0.4 is 4.74 Å². The van der Waals surface area contributed by atoms with Crippen LogP contribution in [0.3, 0.4) is 0 Å².